The molecule has 0 aliphatic heterocycles. The van der Waals surface area contributed by atoms with Crippen LogP contribution >= 0.6 is 15.9 Å². The third-order valence-corrected chi connectivity index (χ3v) is 4.86. The summed E-state index contributed by atoms with van der Waals surface area (Å²) < 4.78 is 3.38. The van der Waals surface area contributed by atoms with Crippen molar-refractivity contribution < 1.29 is 0 Å². The predicted octanol–water partition coefficient (Wildman–Crippen LogP) is 3.21. The molecule has 2 unspecified atom stereocenters. The van der Waals surface area contributed by atoms with Crippen molar-refractivity contribution in [3.63, 3.8) is 0 Å². The Balaban J connectivity index is 2.05. The Hall–Kier alpha value is -0.350. The van der Waals surface area contributed by atoms with Gasteiger partial charge in [0.1, 0.15) is 0 Å². The van der Waals surface area contributed by atoms with E-state index in [4.69, 9.17) is 0 Å². The van der Waals surface area contributed by atoms with Crippen molar-refractivity contribution in [1.29, 1.82) is 0 Å². The highest BCUT2D eigenvalue weighted by Gasteiger charge is 2.34. The topological polar surface area (TPSA) is 29.9 Å². The number of nitrogens with one attached hydrogen (secondary N) is 1. The fraction of sp³-hybridized carbons (Fsp3) is 0.769. The van der Waals surface area contributed by atoms with Crippen molar-refractivity contribution in [3.8, 4) is 0 Å². The number of nitrogens with zero attached hydrogens (tertiary/aromatic N) is 2. The lowest BCUT2D eigenvalue weighted by molar-refractivity contribution is 0.157. The molecule has 0 amide bonds. The molecule has 4 heteroatoms. The Kier molecular flexibility index (Phi) is 3.93. The molecule has 0 aromatic carbocycles. The van der Waals surface area contributed by atoms with Crippen molar-refractivity contribution in [2.24, 2.45) is 5.92 Å². The van der Waals surface area contributed by atoms with Crippen molar-refractivity contribution in [2.45, 2.75) is 52.6 Å². The van der Waals surface area contributed by atoms with E-state index in [2.05, 4.69) is 58.7 Å². The molecule has 1 fully saturated rings. The van der Waals surface area contributed by atoms with E-state index in [1.54, 1.807) is 0 Å². The molecule has 1 aliphatic rings. The molecule has 17 heavy (non-hydrogen) atoms. The minimum atomic E-state index is 0.573. The van der Waals surface area contributed by atoms with Gasteiger partial charge in [-0.25, -0.2) is 0 Å². The first-order chi connectivity index (χ1) is 8.00. The molecule has 1 aliphatic carbocycles. The van der Waals surface area contributed by atoms with Gasteiger partial charge < -0.3 is 5.32 Å². The third kappa shape index (κ3) is 2.58. The Morgan fingerprint density at radius 3 is 2.53 bits per heavy atom. The summed E-state index contributed by atoms with van der Waals surface area (Å²) in [7, 11) is 0. The summed E-state index contributed by atoms with van der Waals surface area (Å²) in [6, 6.07) is 1.16. The second kappa shape index (κ2) is 5.11. The van der Waals surface area contributed by atoms with Gasteiger partial charge in [0.15, 0.2) is 0 Å². The third-order valence-electron chi connectivity index (χ3n) is 3.72. The first kappa shape index (κ1) is 13.1. The van der Waals surface area contributed by atoms with Crippen LogP contribution in [0, 0.1) is 19.8 Å². The van der Waals surface area contributed by atoms with E-state index in [0.29, 0.717) is 12.1 Å². The van der Waals surface area contributed by atoms with E-state index in [-0.39, 0.29) is 0 Å². The molecular formula is C13H22BrN3. The van der Waals surface area contributed by atoms with Gasteiger partial charge in [-0.2, -0.15) is 5.10 Å². The van der Waals surface area contributed by atoms with E-state index in [1.807, 2.05) is 0 Å². The molecule has 1 heterocycles. The molecule has 1 aromatic heterocycles. The molecule has 96 valence electrons. The normalized spacial score (nSPS) is 24.1. The zero-order valence-electron chi connectivity index (χ0n) is 11.1. The van der Waals surface area contributed by atoms with Gasteiger partial charge in [-0.05, 0) is 48.5 Å². The average molecular weight is 300 g/mol. The van der Waals surface area contributed by atoms with Crippen LogP contribution in [-0.2, 0) is 0 Å². The molecule has 1 aromatic rings. The molecule has 2 rings (SSSR count). The maximum Gasteiger partial charge on any atom is 0.0738 e. The fourth-order valence-electron chi connectivity index (χ4n) is 2.46. The maximum atomic E-state index is 4.65. The Labute approximate surface area is 112 Å². The van der Waals surface area contributed by atoms with E-state index in [0.717, 1.165) is 18.2 Å². The highest BCUT2D eigenvalue weighted by atomic mass is 79.9. The van der Waals surface area contributed by atoms with Crippen molar-refractivity contribution >= 4 is 15.9 Å². The molecule has 3 nitrogen and oxygen atoms in total. The van der Waals surface area contributed by atoms with Crippen LogP contribution in [0.5, 0.6) is 0 Å². The van der Waals surface area contributed by atoms with Crippen molar-refractivity contribution in [3.05, 3.63) is 15.9 Å². The van der Waals surface area contributed by atoms with Crippen LogP contribution in [0.15, 0.2) is 4.47 Å². The summed E-state index contributed by atoms with van der Waals surface area (Å²) in [6.45, 7) is 9.72. The number of aryl methyl sites for hydroxylation is 1. The van der Waals surface area contributed by atoms with Gasteiger partial charge in [0.05, 0.1) is 21.9 Å². The predicted molar refractivity (Wildman–Crippen MR) is 74.3 cm³/mol. The van der Waals surface area contributed by atoms with Crippen LogP contribution in [0.25, 0.3) is 0 Å². The molecule has 1 saturated carbocycles. The second-order valence-electron chi connectivity index (χ2n) is 5.40. The first-order valence-electron chi connectivity index (χ1n) is 6.45. The molecule has 0 bridgehead atoms. The van der Waals surface area contributed by atoms with Gasteiger partial charge >= 0.3 is 0 Å². The fourth-order valence-corrected chi connectivity index (χ4v) is 2.73. The van der Waals surface area contributed by atoms with E-state index >= 15 is 0 Å². The summed E-state index contributed by atoms with van der Waals surface area (Å²) in [4.78, 5) is 0. The SMILES string of the molecule is Cc1nn(C2CCC2CNC(C)C)c(C)c1Br. The zero-order valence-corrected chi connectivity index (χ0v) is 12.7. The number of hydrogen-bond donors (Lipinski definition) is 1. The highest BCUT2D eigenvalue weighted by molar-refractivity contribution is 9.10. The quantitative estimate of drug-likeness (QED) is 0.925. The highest BCUT2D eigenvalue weighted by Crippen LogP contribution is 2.39. The Morgan fingerprint density at radius 2 is 2.12 bits per heavy atom. The Morgan fingerprint density at radius 1 is 1.41 bits per heavy atom. The van der Waals surface area contributed by atoms with E-state index in [9.17, 15) is 0 Å². The molecular weight excluding hydrogens is 278 g/mol. The van der Waals surface area contributed by atoms with Gasteiger partial charge in [0.25, 0.3) is 0 Å². The molecule has 0 radical (unpaired) electrons. The van der Waals surface area contributed by atoms with Crippen LogP contribution in [-0.4, -0.2) is 22.4 Å². The summed E-state index contributed by atoms with van der Waals surface area (Å²) in [6.07, 6.45) is 2.58. The van der Waals surface area contributed by atoms with Gasteiger partial charge in [-0.3, -0.25) is 4.68 Å². The lowest BCUT2D eigenvalue weighted by Gasteiger charge is -2.38. The monoisotopic (exact) mass is 299 g/mol. The first-order valence-corrected chi connectivity index (χ1v) is 7.24. The summed E-state index contributed by atoms with van der Waals surface area (Å²) >= 11 is 3.60. The van der Waals surface area contributed by atoms with Crippen molar-refractivity contribution in [1.82, 2.24) is 15.1 Å². The summed E-state index contributed by atoms with van der Waals surface area (Å²) in [5.74, 6) is 0.738. The number of hydrogen-bond acceptors (Lipinski definition) is 2. The van der Waals surface area contributed by atoms with Gasteiger partial charge in [-0.15, -0.1) is 0 Å². The van der Waals surface area contributed by atoms with Crippen LogP contribution in [0.3, 0.4) is 0 Å². The lowest BCUT2D eigenvalue weighted by atomic mass is 9.79. The molecule has 0 saturated heterocycles. The van der Waals surface area contributed by atoms with Crippen LogP contribution in [0.2, 0.25) is 0 Å². The van der Waals surface area contributed by atoms with Crippen LogP contribution < -0.4 is 5.32 Å². The average Bonchev–Trinajstić information content (AvgIpc) is 2.45. The number of aromatic nitrogens is 2. The van der Waals surface area contributed by atoms with Crippen LogP contribution in [0.4, 0.5) is 0 Å². The second-order valence-corrected chi connectivity index (χ2v) is 6.19. The summed E-state index contributed by atoms with van der Waals surface area (Å²) in [5, 5.41) is 8.19. The minimum Gasteiger partial charge on any atom is -0.314 e. The largest absolute Gasteiger partial charge is 0.314 e. The maximum absolute atomic E-state index is 4.65. The molecule has 2 atom stereocenters. The van der Waals surface area contributed by atoms with Gasteiger partial charge in [0, 0.05) is 12.6 Å². The standard InChI is InChI=1S/C13H22BrN3/c1-8(2)15-7-11-5-6-12(11)17-10(4)13(14)9(3)16-17/h8,11-12,15H,5-7H2,1-4H3. The lowest BCUT2D eigenvalue weighted by Crippen LogP contribution is -2.39. The van der Waals surface area contributed by atoms with E-state index < -0.39 is 0 Å². The smallest absolute Gasteiger partial charge is 0.0738 e. The van der Waals surface area contributed by atoms with Gasteiger partial charge in [0.2, 0.25) is 0 Å². The summed E-state index contributed by atoms with van der Waals surface area (Å²) in [5.41, 5.74) is 2.37. The van der Waals surface area contributed by atoms with Crippen LogP contribution in [0.1, 0.15) is 44.1 Å². The van der Waals surface area contributed by atoms with E-state index in [1.165, 1.54) is 23.0 Å². The molecule has 1 N–H and O–H groups in total. The Bertz CT molecular complexity index is 398. The minimum absolute atomic E-state index is 0.573. The molecule has 0 spiro atoms. The number of halogens is 1. The van der Waals surface area contributed by atoms with Crippen molar-refractivity contribution in [2.75, 3.05) is 6.54 Å². The number of rotatable bonds is 4. The zero-order chi connectivity index (χ0) is 12.6. The van der Waals surface area contributed by atoms with Gasteiger partial charge in [-0.1, -0.05) is 13.8 Å².